The molecule has 0 atom stereocenters. The Kier molecular flexibility index (Phi) is 5.88. The van der Waals surface area contributed by atoms with Gasteiger partial charge in [0.1, 0.15) is 5.75 Å². The molecule has 0 aliphatic rings. The molecule has 0 unspecified atom stereocenters. The van der Waals surface area contributed by atoms with Gasteiger partial charge in [-0.05, 0) is 25.1 Å². The number of carbonyl (C=O) groups excluding carboxylic acids is 1. The van der Waals surface area contributed by atoms with Crippen LogP contribution in [0.15, 0.2) is 30.3 Å². The minimum Gasteiger partial charge on any atom is -0.483 e. The van der Waals surface area contributed by atoms with Crippen molar-refractivity contribution in [3.05, 3.63) is 61.1 Å². The number of rotatable bonds is 5. The first-order chi connectivity index (χ1) is 11.3. The van der Waals surface area contributed by atoms with Crippen LogP contribution in [0.2, 0.25) is 15.1 Å². The Morgan fingerprint density at radius 3 is 2.46 bits per heavy atom. The number of benzene rings is 2. The number of nitro benzene ring substituents is 1. The molecule has 2 aromatic carbocycles. The monoisotopic (exact) mass is 388 g/mol. The van der Waals surface area contributed by atoms with Gasteiger partial charge in [0.05, 0.1) is 26.2 Å². The Hall–Kier alpha value is -2.02. The number of nitrogens with one attached hydrogen (secondary N) is 1. The smallest absolute Gasteiger partial charge is 0.276 e. The molecule has 2 rings (SSSR count). The van der Waals surface area contributed by atoms with Crippen LogP contribution in [-0.2, 0) is 4.79 Å². The molecule has 1 amide bonds. The standard InChI is InChI=1S/C15H11Cl3N2O4/c1-8-12(20(22)23)3-2-4-13(8)24-7-14(21)19-15-10(17)5-9(16)6-11(15)18/h2-6H,7H2,1H3,(H,19,21). The minimum absolute atomic E-state index is 0.0864. The maximum absolute atomic E-state index is 12.0. The number of anilines is 1. The Bertz CT molecular complexity index is 788. The van der Waals surface area contributed by atoms with E-state index in [9.17, 15) is 14.9 Å². The highest BCUT2D eigenvalue weighted by atomic mass is 35.5. The largest absolute Gasteiger partial charge is 0.483 e. The van der Waals surface area contributed by atoms with Gasteiger partial charge in [0, 0.05) is 11.1 Å². The average molecular weight is 390 g/mol. The predicted octanol–water partition coefficient (Wildman–Crippen LogP) is 4.88. The summed E-state index contributed by atoms with van der Waals surface area (Å²) in [6, 6.07) is 7.25. The van der Waals surface area contributed by atoms with E-state index >= 15 is 0 Å². The minimum atomic E-state index is -0.521. The molecule has 0 aromatic heterocycles. The lowest BCUT2D eigenvalue weighted by atomic mass is 10.2. The molecule has 0 spiro atoms. The second-order valence-corrected chi connectivity index (χ2v) is 5.99. The normalized spacial score (nSPS) is 10.3. The van der Waals surface area contributed by atoms with Gasteiger partial charge in [-0.2, -0.15) is 0 Å². The number of amides is 1. The molecule has 2 aromatic rings. The van der Waals surface area contributed by atoms with Crippen LogP contribution in [0, 0.1) is 17.0 Å². The lowest BCUT2D eigenvalue weighted by Gasteiger charge is -2.12. The van der Waals surface area contributed by atoms with Crippen molar-refractivity contribution in [2.45, 2.75) is 6.92 Å². The van der Waals surface area contributed by atoms with Gasteiger partial charge in [-0.1, -0.05) is 40.9 Å². The molecule has 0 aliphatic carbocycles. The Labute approximate surface area is 152 Å². The molecule has 0 saturated carbocycles. The maximum atomic E-state index is 12.0. The van der Waals surface area contributed by atoms with Crippen molar-refractivity contribution >= 4 is 52.1 Å². The molecule has 0 radical (unpaired) electrons. The van der Waals surface area contributed by atoms with Crippen LogP contribution in [0.3, 0.4) is 0 Å². The Morgan fingerprint density at radius 2 is 1.88 bits per heavy atom. The molecule has 24 heavy (non-hydrogen) atoms. The molecule has 0 fully saturated rings. The predicted molar refractivity (Wildman–Crippen MR) is 93.4 cm³/mol. The van der Waals surface area contributed by atoms with Crippen LogP contribution in [-0.4, -0.2) is 17.4 Å². The molecule has 126 valence electrons. The van der Waals surface area contributed by atoms with Crippen molar-refractivity contribution in [1.82, 2.24) is 0 Å². The highest BCUT2D eigenvalue weighted by molar-refractivity contribution is 6.42. The van der Waals surface area contributed by atoms with Gasteiger partial charge in [0.2, 0.25) is 0 Å². The summed E-state index contributed by atoms with van der Waals surface area (Å²) in [5.74, 6) is -0.278. The molecule has 0 bridgehead atoms. The second-order valence-electron chi connectivity index (χ2n) is 4.74. The van der Waals surface area contributed by atoms with Gasteiger partial charge >= 0.3 is 0 Å². The van der Waals surface area contributed by atoms with Crippen LogP contribution in [0.5, 0.6) is 5.75 Å². The van der Waals surface area contributed by atoms with Crippen LogP contribution >= 0.6 is 34.8 Å². The number of carbonyl (C=O) groups is 1. The number of ether oxygens (including phenoxy) is 1. The topological polar surface area (TPSA) is 81.5 Å². The first-order valence-corrected chi connectivity index (χ1v) is 7.74. The molecular weight excluding hydrogens is 379 g/mol. The molecule has 1 N–H and O–H groups in total. The van der Waals surface area contributed by atoms with Gasteiger partial charge in [0.15, 0.2) is 6.61 Å². The van der Waals surface area contributed by atoms with E-state index in [0.717, 1.165) is 0 Å². The third kappa shape index (κ3) is 4.29. The van der Waals surface area contributed by atoms with Crippen LogP contribution in [0.25, 0.3) is 0 Å². The van der Waals surface area contributed by atoms with Crippen LogP contribution < -0.4 is 10.1 Å². The summed E-state index contributed by atoms with van der Waals surface area (Å²) in [7, 11) is 0. The van der Waals surface area contributed by atoms with Crippen molar-refractivity contribution in [3.8, 4) is 5.75 Å². The van der Waals surface area contributed by atoms with Gasteiger partial charge in [-0.3, -0.25) is 14.9 Å². The average Bonchev–Trinajstić information content (AvgIpc) is 2.49. The number of nitrogens with zero attached hydrogens (tertiary/aromatic N) is 1. The summed E-state index contributed by atoms with van der Waals surface area (Å²) in [5, 5.41) is 14.1. The highest BCUT2D eigenvalue weighted by Crippen LogP contribution is 2.33. The summed E-state index contributed by atoms with van der Waals surface area (Å²) in [6.07, 6.45) is 0. The number of hydrogen-bond donors (Lipinski definition) is 1. The van der Waals surface area contributed by atoms with Crippen LogP contribution in [0.4, 0.5) is 11.4 Å². The zero-order valence-electron chi connectivity index (χ0n) is 12.3. The summed E-state index contributed by atoms with van der Waals surface area (Å²) >= 11 is 17.8. The SMILES string of the molecule is Cc1c(OCC(=O)Nc2c(Cl)cc(Cl)cc2Cl)cccc1[N+](=O)[O-]. The molecule has 6 nitrogen and oxygen atoms in total. The fraction of sp³-hybridized carbons (Fsp3) is 0.133. The lowest BCUT2D eigenvalue weighted by Crippen LogP contribution is -2.21. The van der Waals surface area contributed by atoms with E-state index in [1.165, 1.54) is 37.3 Å². The van der Waals surface area contributed by atoms with E-state index in [2.05, 4.69) is 5.32 Å². The van der Waals surface area contributed by atoms with Gasteiger partial charge in [0.25, 0.3) is 11.6 Å². The molecule has 9 heteroatoms. The van der Waals surface area contributed by atoms with Crippen LogP contribution in [0.1, 0.15) is 5.56 Å². The number of hydrogen-bond acceptors (Lipinski definition) is 4. The van der Waals surface area contributed by atoms with E-state index in [-0.39, 0.29) is 33.8 Å². The van der Waals surface area contributed by atoms with Crippen molar-refractivity contribution in [2.75, 3.05) is 11.9 Å². The van der Waals surface area contributed by atoms with Gasteiger partial charge in [-0.25, -0.2) is 0 Å². The van der Waals surface area contributed by atoms with E-state index in [0.29, 0.717) is 10.6 Å². The Balaban J connectivity index is 2.07. The summed E-state index contributed by atoms with van der Waals surface area (Å²) < 4.78 is 5.34. The second kappa shape index (κ2) is 7.70. The summed E-state index contributed by atoms with van der Waals surface area (Å²) in [6.45, 7) is 1.18. The quantitative estimate of drug-likeness (QED) is 0.583. The van der Waals surface area contributed by atoms with Gasteiger partial charge in [-0.15, -0.1) is 0 Å². The fourth-order valence-electron chi connectivity index (χ4n) is 1.94. The zero-order valence-corrected chi connectivity index (χ0v) is 14.6. The molecular formula is C15H11Cl3N2O4. The summed E-state index contributed by atoms with van der Waals surface area (Å²) in [5.41, 5.74) is 0.460. The first-order valence-electron chi connectivity index (χ1n) is 6.60. The highest BCUT2D eigenvalue weighted by Gasteiger charge is 2.16. The van der Waals surface area contributed by atoms with Gasteiger partial charge < -0.3 is 10.1 Å². The lowest BCUT2D eigenvalue weighted by molar-refractivity contribution is -0.385. The number of nitro groups is 1. The third-order valence-electron chi connectivity index (χ3n) is 3.08. The molecule has 0 heterocycles. The van der Waals surface area contributed by atoms with Crippen molar-refractivity contribution in [3.63, 3.8) is 0 Å². The molecule has 0 aliphatic heterocycles. The fourth-order valence-corrected chi connectivity index (χ4v) is 2.85. The van der Waals surface area contributed by atoms with E-state index in [1.807, 2.05) is 0 Å². The van der Waals surface area contributed by atoms with E-state index in [1.54, 1.807) is 0 Å². The molecule has 0 saturated heterocycles. The third-order valence-corrected chi connectivity index (χ3v) is 3.90. The summed E-state index contributed by atoms with van der Waals surface area (Å²) in [4.78, 5) is 22.4. The van der Waals surface area contributed by atoms with Crippen molar-refractivity contribution in [1.29, 1.82) is 0 Å². The first kappa shape index (κ1) is 18.3. The van der Waals surface area contributed by atoms with E-state index < -0.39 is 10.8 Å². The van der Waals surface area contributed by atoms with Crippen molar-refractivity contribution < 1.29 is 14.5 Å². The van der Waals surface area contributed by atoms with Crippen molar-refractivity contribution in [2.24, 2.45) is 0 Å². The Morgan fingerprint density at radius 1 is 1.25 bits per heavy atom. The number of halogens is 3. The zero-order chi connectivity index (χ0) is 17.9. The maximum Gasteiger partial charge on any atom is 0.276 e. The van der Waals surface area contributed by atoms with E-state index in [4.69, 9.17) is 39.5 Å².